The maximum Gasteiger partial charge on any atom is 0.410 e. The number of hydrogen-bond acceptors (Lipinski definition) is 4. The molecule has 0 radical (unpaired) electrons. The van der Waals surface area contributed by atoms with Gasteiger partial charge in [0.15, 0.2) is 0 Å². The molecule has 0 aromatic heterocycles. The molecule has 6 heteroatoms. The zero-order valence-corrected chi connectivity index (χ0v) is 13.5. The van der Waals surface area contributed by atoms with Crippen molar-refractivity contribution in [3.8, 4) is 0 Å². The van der Waals surface area contributed by atoms with E-state index >= 15 is 0 Å². The maximum atomic E-state index is 12.1. The summed E-state index contributed by atoms with van der Waals surface area (Å²) < 4.78 is 5.29. The molecular formula is C17H22N2O4. The van der Waals surface area contributed by atoms with Gasteiger partial charge in [-0.25, -0.2) is 4.79 Å². The highest BCUT2D eigenvalue weighted by Crippen LogP contribution is 2.20. The fourth-order valence-electron chi connectivity index (χ4n) is 2.55. The number of carbonyl (C=O) groups excluding carboxylic acids is 3. The summed E-state index contributed by atoms with van der Waals surface area (Å²) >= 11 is 0. The van der Waals surface area contributed by atoms with E-state index in [4.69, 9.17) is 4.74 Å². The van der Waals surface area contributed by atoms with E-state index in [0.717, 1.165) is 10.5 Å². The number of likely N-dealkylation sites (tertiary alicyclic amines) is 1. The number of benzene rings is 1. The van der Waals surface area contributed by atoms with Crippen molar-refractivity contribution in [1.82, 2.24) is 9.80 Å². The highest BCUT2D eigenvalue weighted by atomic mass is 16.6. The topological polar surface area (TPSA) is 66.9 Å². The van der Waals surface area contributed by atoms with Crippen LogP contribution in [0.2, 0.25) is 0 Å². The third kappa shape index (κ3) is 4.55. The monoisotopic (exact) mass is 318 g/mol. The predicted molar refractivity (Wildman–Crippen MR) is 84.4 cm³/mol. The van der Waals surface area contributed by atoms with E-state index in [2.05, 4.69) is 0 Å². The van der Waals surface area contributed by atoms with Crippen LogP contribution in [0.4, 0.5) is 4.79 Å². The van der Waals surface area contributed by atoms with Crippen LogP contribution in [0.1, 0.15) is 25.3 Å². The van der Waals surface area contributed by atoms with Crippen LogP contribution in [0.25, 0.3) is 0 Å². The summed E-state index contributed by atoms with van der Waals surface area (Å²) in [6.07, 6.45) is 0.744. The van der Waals surface area contributed by atoms with Crippen molar-refractivity contribution in [2.45, 2.75) is 26.4 Å². The Balaban J connectivity index is 1.78. The molecule has 0 unspecified atom stereocenters. The summed E-state index contributed by atoms with van der Waals surface area (Å²) in [5.41, 5.74) is 0.939. The van der Waals surface area contributed by atoms with Crippen molar-refractivity contribution in [3.63, 3.8) is 0 Å². The second-order valence-electron chi connectivity index (χ2n) is 5.72. The molecule has 3 amide bonds. The van der Waals surface area contributed by atoms with Gasteiger partial charge in [-0.15, -0.1) is 0 Å². The van der Waals surface area contributed by atoms with E-state index in [1.54, 1.807) is 4.90 Å². The van der Waals surface area contributed by atoms with Gasteiger partial charge in [0.1, 0.15) is 6.61 Å². The van der Waals surface area contributed by atoms with Crippen LogP contribution >= 0.6 is 0 Å². The summed E-state index contributed by atoms with van der Waals surface area (Å²) in [7, 11) is 1.49. The van der Waals surface area contributed by atoms with E-state index in [-0.39, 0.29) is 30.4 Å². The molecule has 0 spiro atoms. The van der Waals surface area contributed by atoms with E-state index in [1.807, 2.05) is 30.3 Å². The van der Waals surface area contributed by atoms with Crippen molar-refractivity contribution in [2.75, 3.05) is 20.1 Å². The quantitative estimate of drug-likeness (QED) is 0.855. The van der Waals surface area contributed by atoms with Crippen molar-refractivity contribution in [1.29, 1.82) is 0 Å². The lowest BCUT2D eigenvalue weighted by Gasteiger charge is -2.31. The first-order chi connectivity index (χ1) is 11.0. The number of imide groups is 1. The molecule has 0 aliphatic carbocycles. The molecule has 1 aliphatic rings. The highest BCUT2D eigenvalue weighted by Gasteiger charge is 2.30. The number of amides is 3. The third-order valence-corrected chi connectivity index (χ3v) is 4.11. The van der Waals surface area contributed by atoms with Gasteiger partial charge in [0.05, 0.1) is 0 Å². The molecule has 6 nitrogen and oxygen atoms in total. The van der Waals surface area contributed by atoms with Gasteiger partial charge >= 0.3 is 6.09 Å². The molecule has 0 atom stereocenters. The molecule has 23 heavy (non-hydrogen) atoms. The van der Waals surface area contributed by atoms with Crippen LogP contribution < -0.4 is 0 Å². The van der Waals surface area contributed by atoms with Gasteiger partial charge in [-0.1, -0.05) is 30.3 Å². The summed E-state index contributed by atoms with van der Waals surface area (Å²) in [5.74, 6) is -0.642. The Morgan fingerprint density at radius 2 is 1.78 bits per heavy atom. The van der Waals surface area contributed by atoms with Crippen molar-refractivity contribution < 1.29 is 19.1 Å². The summed E-state index contributed by atoms with van der Waals surface area (Å²) in [6.45, 7) is 2.55. The Bertz CT molecular complexity index is 565. The maximum absolute atomic E-state index is 12.1. The number of hydrogen-bond donors (Lipinski definition) is 0. The zero-order chi connectivity index (χ0) is 16.8. The zero-order valence-electron chi connectivity index (χ0n) is 13.5. The van der Waals surface area contributed by atoms with E-state index in [0.29, 0.717) is 25.9 Å². The number of carbonyl (C=O) groups is 3. The predicted octanol–water partition coefficient (Wildman–Crippen LogP) is 2.04. The van der Waals surface area contributed by atoms with Crippen molar-refractivity contribution >= 4 is 17.9 Å². The average Bonchev–Trinajstić information content (AvgIpc) is 2.59. The van der Waals surface area contributed by atoms with Crippen LogP contribution in [0.3, 0.4) is 0 Å². The fourth-order valence-corrected chi connectivity index (χ4v) is 2.55. The second-order valence-corrected chi connectivity index (χ2v) is 5.72. The Labute approximate surface area is 136 Å². The van der Waals surface area contributed by atoms with Gasteiger partial charge in [-0.2, -0.15) is 0 Å². The van der Waals surface area contributed by atoms with Crippen LogP contribution in [-0.4, -0.2) is 47.8 Å². The molecule has 124 valence electrons. The largest absolute Gasteiger partial charge is 0.445 e. The Kier molecular flexibility index (Phi) is 5.73. The molecule has 1 saturated heterocycles. The normalized spacial score (nSPS) is 15.1. The minimum atomic E-state index is -0.361. The molecule has 2 rings (SSSR count). The Morgan fingerprint density at radius 1 is 1.17 bits per heavy atom. The molecule has 1 heterocycles. The van der Waals surface area contributed by atoms with Crippen LogP contribution in [0.5, 0.6) is 0 Å². The lowest BCUT2D eigenvalue weighted by atomic mass is 9.95. The highest BCUT2D eigenvalue weighted by molar-refractivity contribution is 5.95. The summed E-state index contributed by atoms with van der Waals surface area (Å²) in [4.78, 5) is 38.1. The standard InChI is InChI=1S/C17H22N2O4/c1-13(20)18(2)16(21)15-8-10-19(11-9-15)17(22)23-12-14-6-4-3-5-7-14/h3-7,15H,8-12H2,1-2H3. The smallest absolute Gasteiger partial charge is 0.410 e. The van der Waals surface area contributed by atoms with Gasteiger partial charge in [0, 0.05) is 33.0 Å². The number of rotatable bonds is 3. The molecule has 0 N–H and O–H groups in total. The first kappa shape index (κ1) is 17.0. The van der Waals surface area contributed by atoms with Gasteiger partial charge in [-0.05, 0) is 18.4 Å². The first-order valence-corrected chi connectivity index (χ1v) is 7.73. The minimum Gasteiger partial charge on any atom is -0.445 e. The fraction of sp³-hybridized carbons (Fsp3) is 0.471. The van der Waals surface area contributed by atoms with Gasteiger partial charge in [0.2, 0.25) is 11.8 Å². The van der Waals surface area contributed by atoms with Gasteiger partial charge in [0.25, 0.3) is 0 Å². The number of ether oxygens (including phenoxy) is 1. The van der Waals surface area contributed by atoms with E-state index in [9.17, 15) is 14.4 Å². The van der Waals surface area contributed by atoms with Crippen LogP contribution in [0, 0.1) is 5.92 Å². The molecule has 1 aliphatic heterocycles. The second kappa shape index (κ2) is 7.76. The summed E-state index contributed by atoms with van der Waals surface area (Å²) in [6, 6.07) is 9.49. The SMILES string of the molecule is CC(=O)N(C)C(=O)C1CCN(C(=O)OCc2ccccc2)CC1. The molecule has 1 fully saturated rings. The average molecular weight is 318 g/mol. The Morgan fingerprint density at radius 3 is 2.35 bits per heavy atom. The number of nitrogens with zero attached hydrogens (tertiary/aromatic N) is 2. The molecule has 1 aromatic rings. The molecule has 0 saturated carbocycles. The summed E-state index contributed by atoms with van der Waals surface area (Å²) in [5, 5.41) is 0. The lowest BCUT2D eigenvalue weighted by molar-refractivity contribution is -0.145. The Hall–Kier alpha value is -2.37. The molecule has 0 bridgehead atoms. The van der Waals surface area contributed by atoms with Crippen molar-refractivity contribution in [2.24, 2.45) is 5.92 Å². The van der Waals surface area contributed by atoms with Crippen molar-refractivity contribution in [3.05, 3.63) is 35.9 Å². The lowest BCUT2D eigenvalue weighted by Crippen LogP contribution is -2.44. The van der Waals surface area contributed by atoms with Crippen LogP contribution in [0.15, 0.2) is 30.3 Å². The minimum absolute atomic E-state index is 0.171. The third-order valence-electron chi connectivity index (χ3n) is 4.11. The molecular weight excluding hydrogens is 296 g/mol. The first-order valence-electron chi connectivity index (χ1n) is 7.73. The van der Waals surface area contributed by atoms with E-state index < -0.39 is 0 Å². The van der Waals surface area contributed by atoms with Gasteiger partial charge in [-0.3, -0.25) is 14.5 Å². The number of piperidine rings is 1. The van der Waals surface area contributed by atoms with Gasteiger partial charge < -0.3 is 9.64 Å². The molecule has 1 aromatic carbocycles. The van der Waals surface area contributed by atoms with Crippen LogP contribution in [-0.2, 0) is 20.9 Å². The van der Waals surface area contributed by atoms with E-state index in [1.165, 1.54) is 14.0 Å².